The zero-order valence-electron chi connectivity index (χ0n) is 14.9. The standard InChI is InChI=1S/C21H23FN2O2/c1-15-5-2-3-8-19(15)23-21(26)17-9-11-24(12-10-17)20(25)14-16-6-4-7-18(22)13-16/h2-8,13,17H,9-12,14H2,1H3,(H,23,26). The first-order valence-corrected chi connectivity index (χ1v) is 8.91. The van der Waals surface area contributed by atoms with Crippen molar-refractivity contribution in [2.45, 2.75) is 26.2 Å². The molecule has 1 heterocycles. The van der Waals surface area contributed by atoms with Crippen LogP contribution in [0.25, 0.3) is 0 Å². The van der Waals surface area contributed by atoms with E-state index in [-0.39, 0.29) is 30.0 Å². The Bertz CT molecular complexity index is 798. The number of aryl methyl sites for hydroxylation is 1. The number of para-hydroxylation sites is 1. The molecule has 2 aromatic carbocycles. The Kier molecular flexibility index (Phi) is 5.66. The number of nitrogens with one attached hydrogen (secondary N) is 1. The molecule has 2 amide bonds. The molecule has 0 atom stereocenters. The number of piperidine rings is 1. The zero-order valence-corrected chi connectivity index (χ0v) is 14.9. The Hall–Kier alpha value is -2.69. The summed E-state index contributed by atoms with van der Waals surface area (Å²) < 4.78 is 13.2. The number of halogens is 1. The van der Waals surface area contributed by atoms with Crippen LogP contribution in [0.1, 0.15) is 24.0 Å². The summed E-state index contributed by atoms with van der Waals surface area (Å²) >= 11 is 0. The summed E-state index contributed by atoms with van der Waals surface area (Å²) in [5, 5.41) is 2.99. The average Bonchev–Trinajstić information content (AvgIpc) is 2.64. The molecule has 0 saturated carbocycles. The third-order valence-electron chi connectivity index (χ3n) is 4.87. The highest BCUT2D eigenvalue weighted by molar-refractivity contribution is 5.93. The Labute approximate surface area is 153 Å². The van der Waals surface area contributed by atoms with Crippen molar-refractivity contribution < 1.29 is 14.0 Å². The molecule has 0 spiro atoms. The molecule has 0 unspecified atom stereocenters. The lowest BCUT2D eigenvalue weighted by Gasteiger charge is -2.31. The monoisotopic (exact) mass is 354 g/mol. The Morgan fingerprint density at radius 3 is 2.54 bits per heavy atom. The van der Waals surface area contributed by atoms with E-state index in [0.29, 0.717) is 31.5 Å². The zero-order chi connectivity index (χ0) is 18.5. The van der Waals surface area contributed by atoms with Gasteiger partial charge in [0.25, 0.3) is 0 Å². The molecular weight excluding hydrogens is 331 g/mol. The van der Waals surface area contributed by atoms with Gasteiger partial charge in [-0.1, -0.05) is 30.3 Å². The van der Waals surface area contributed by atoms with E-state index in [1.54, 1.807) is 17.0 Å². The van der Waals surface area contributed by atoms with Crippen molar-refractivity contribution in [3.8, 4) is 0 Å². The van der Waals surface area contributed by atoms with Gasteiger partial charge < -0.3 is 10.2 Å². The van der Waals surface area contributed by atoms with Crippen LogP contribution >= 0.6 is 0 Å². The quantitative estimate of drug-likeness (QED) is 0.913. The molecule has 1 aliphatic rings. The van der Waals surface area contributed by atoms with Crippen molar-refractivity contribution in [1.82, 2.24) is 4.90 Å². The Morgan fingerprint density at radius 1 is 1.12 bits per heavy atom. The van der Waals surface area contributed by atoms with E-state index in [0.717, 1.165) is 11.3 Å². The minimum absolute atomic E-state index is 0.0107. The van der Waals surface area contributed by atoms with Crippen LogP contribution in [-0.2, 0) is 16.0 Å². The molecule has 0 bridgehead atoms. The van der Waals surface area contributed by atoms with Gasteiger partial charge in [0, 0.05) is 24.7 Å². The minimum atomic E-state index is -0.332. The number of anilines is 1. The molecule has 3 rings (SSSR count). The first kappa shape index (κ1) is 18.1. The third-order valence-corrected chi connectivity index (χ3v) is 4.87. The summed E-state index contributed by atoms with van der Waals surface area (Å²) in [7, 11) is 0. The van der Waals surface area contributed by atoms with E-state index in [4.69, 9.17) is 0 Å². The molecule has 5 heteroatoms. The second-order valence-electron chi connectivity index (χ2n) is 6.77. The fraction of sp³-hybridized carbons (Fsp3) is 0.333. The number of likely N-dealkylation sites (tertiary alicyclic amines) is 1. The van der Waals surface area contributed by atoms with Gasteiger partial charge in [-0.3, -0.25) is 9.59 Å². The second kappa shape index (κ2) is 8.13. The third kappa shape index (κ3) is 4.48. The smallest absolute Gasteiger partial charge is 0.227 e. The van der Waals surface area contributed by atoms with E-state index in [9.17, 15) is 14.0 Å². The summed E-state index contributed by atoms with van der Waals surface area (Å²) in [4.78, 5) is 26.6. The molecule has 1 N–H and O–H groups in total. The number of rotatable bonds is 4. The molecule has 0 radical (unpaired) electrons. The molecule has 1 fully saturated rings. The van der Waals surface area contributed by atoms with Gasteiger partial charge in [0.2, 0.25) is 11.8 Å². The fourth-order valence-electron chi connectivity index (χ4n) is 3.27. The molecular formula is C21H23FN2O2. The maximum Gasteiger partial charge on any atom is 0.227 e. The van der Waals surface area contributed by atoms with Gasteiger partial charge >= 0.3 is 0 Å². The first-order valence-electron chi connectivity index (χ1n) is 8.91. The molecule has 2 aromatic rings. The van der Waals surface area contributed by atoms with Crippen LogP contribution in [-0.4, -0.2) is 29.8 Å². The van der Waals surface area contributed by atoms with Gasteiger partial charge in [-0.15, -0.1) is 0 Å². The van der Waals surface area contributed by atoms with Crippen molar-refractivity contribution >= 4 is 17.5 Å². The average molecular weight is 354 g/mol. The van der Waals surface area contributed by atoms with Gasteiger partial charge in [0.15, 0.2) is 0 Å². The van der Waals surface area contributed by atoms with E-state index < -0.39 is 0 Å². The van der Waals surface area contributed by atoms with Crippen molar-refractivity contribution in [1.29, 1.82) is 0 Å². The minimum Gasteiger partial charge on any atom is -0.342 e. The largest absolute Gasteiger partial charge is 0.342 e. The van der Waals surface area contributed by atoms with E-state index in [2.05, 4.69) is 5.32 Å². The maximum atomic E-state index is 13.2. The lowest BCUT2D eigenvalue weighted by molar-refractivity contribution is -0.133. The van der Waals surface area contributed by atoms with Gasteiger partial charge in [-0.25, -0.2) is 4.39 Å². The predicted octanol–water partition coefficient (Wildman–Crippen LogP) is 3.55. The number of carbonyl (C=O) groups excluding carboxylic acids is 2. The van der Waals surface area contributed by atoms with Crippen molar-refractivity contribution in [2.24, 2.45) is 5.92 Å². The maximum absolute atomic E-state index is 13.2. The van der Waals surface area contributed by atoms with Gasteiger partial charge in [-0.05, 0) is 49.1 Å². The highest BCUT2D eigenvalue weighted by atomic mass is 19.1. The van der Waals surface area contributed by atoms with Gasteiger partial charge in [0.05, 0.1) is 6.42 Å². The highest BCUT2D eigenvalue weighted by Crippen LogP contribution is 2.21. The van der Waals surface area contributed by atoms with Crippen molar-refractivity contribution in [3.05, 3.63) is 65.5 Å². The van der Waals surface area contributed by atoms with Crippen molar-refractivity contribution in [3.63, 3.8) is 0 Å². The number of amides is 2. The van der Waals surface area contributed by atoms with Crippen LogP contribution in [0, 0.1) is 18.7 Å². The Balaban J connectivity index is 1.51. The normalized spacial score (nSPS) is 14.9. The SMILES string of the molecule is Cc1ccccc1NC(=O)C1CCN(C(=O)Cc2cccc(F)c2)CC1. The fourth-order valence-corrected chi connectivity index (χ4v) is 3.27. The molecule has 1 aliphatic heterocycles. The number of hydrogen-bond acceptors (Lipinski definition) is 2. The summed E-state index contributed by atoms with van der Waals surface area (Å²) in [5.74, 6) is -0.431. The number of nitrogens with zero attached hydrogens (tertiary/aromatic N) is 1. The van der Waals surface area contributed by atoms with Crippen LogP contribution in [0.3, 0.4) is 0 Å². The summed E-state index contributed by atoms with van der Waals surface area (Å²) in [6, 6.07) is 13.8. The summed E-state index contributed by atoms with van der Waals surface area (Å²) in [5.41, 5.74) is 2.54. The molecule has 0 aromatic heterocycles. The second-order valence-corrected chi connectivity index (χ2v) is 6.77. The van der Waals surface area contributed by atoms with Crippen LogP contribution in [0.4, 0.5) is 10.1 Å². The summed E-state index contributed by atoms with van der Waals surface area (Å²) in [6.45, 7) is 3.07. The summed E-state index contributed by atoms with van der Waals surface area (Å²) in [6.07, 6.45) is 1.48. The van der Waals surface area contributed by atoms with Gasteiger partial charge in [-0.2, -0.15) is 0 Å². The molecule has 4 nitrogen and oxygen atoms in total. The van der Waals surface area contributed by atoms with Crippen LogP contribution in [0.2, 0.25) is 0 Å². The molecule has 0 aliphatic carbocycles. The molecule has 136 valence electrons. The lowest BCUT2D eigenvalue weighted by Crippen LogP contribution is -2.42. The lowest BCUT2D eigenvalue weighted by atomic mass is 9.95. The number of benzene rings is 2. The predicted molar refractivity (Wildman–Crippen MR) is 99.2 cm³/mol. The van der Waals surface area contributed by atoms with Crippen LogP contribution in [0.15, 0.2) is 48.5 Å². The highest BCUT2D eigenvalue weighted by Gasteiger charge is 2.27. The molecule has 26 heavy (non-hydrogen) atoms. The topological polar surface area (TPSA) is 49.4 Å². The number of hydrogen-bond donors (Lipinski definition) is 1. The van der Waals surface area contributed by atoms with Crippen molar-refractivity contribution in [2.75, 3.05) is 18.4 Å². The molecule has 1 saturated heterocycles. The first-order chi connectivity index (χ1) is 12.5. The number of carbonyl (C=O) groups is 2. The Morgan fingerprint density at radius 2 is 1.85 bits per heavy atom. The van der Waals surface area contributed by atoms with E-state index in [1.165, 1.54) is 12.1 Å². The van der Waals surface area contributed by atoms with E-state index >= 15 is 0 Å². The van der Waals surface area contributed by atoms with E-state index in [1.807, 2.05) is 31.2 Å². The van der Waals surface area contributed by atoms with Crippen LogP contribution in [0.5, 0.6) is 0 Å². The van der Waals surface area contributed by atoms with Crippen LogP contribution < -0.4 is 5.32 Å². The van der Waals surface area contributed by atoms with Gasteiger partial charge in [0.1, 0.15) is 5.82 Å².